The summed E-state index contributed by atoms with van der Waals surface area (Å²) in [4.78, 5) is 11.9. The van der Waals surface area contributed by atoms with Crippen molar-refractivity contribution in [2.45, 2.75) is 34.5 Å². The molecule has 2 aliphatic carbocycles. The Morgan fingerprint density at radius 3 is 1.69 bits per heavy atom. The Labute approximate surface area is 508 Å². The summed E-state index contributed by atoms with van der Waals surface area (Å²) in [5.41, 5.74) is 26.0. The van der Waals surface area contributed by atoms with Crippen molar-refractivity contribution in [1.29, 1.82) is 0 Å². The van der Waals surface area contributed by atoms with E-state index in [2.05, 4.69) is 283 Å². The Hall–Kier alpha value is -10.7. The topological polar surface area (TPSA) is 45.7 Å². The first-order valence-electron chi connectivity index (χ1n) is 29.8. The highest BCUT2D eigenvalue weighted by molar-refractivity contribution is 7.99. The lowest BCUT2D eigenvalue weighted by Crippen LogP contribution is -2.32. The Bertz CT molecular complexity index is 5280. The number of fused-ring (bicyclic) bond motifs is 18. The Balaban J connectivity index is 0.861. The van der Waals surface area contributed by atoms with E-state index in [0.29, 0.717) is 0 Å². The van der Waals surface area contributed by atoms with Crippen molar-refractivity contribution in [2.24, 2.45) is 0 Å². The lowest BCUT2D eigenvalue weighted by molar-refractivity contribution is 0.662. The highest BCUT2D eigenvalue weighted by Gasteiger charge is 2.51. The van der Waals surface area contributed by atoms with Crippen molar-refractivity contribution in [3.05, 3.63) is 319 Å². The molecule has 3 aliphatic rings. The molecule has 4 heterocycles. The molecule has 0 N–H and O–H groups in total. The number of aromatic nitrogens is 1. The van der Waals surface area contributed by atoms with Crippen LogP contribution in [0.25, 0.3) is 88.4 Å². The van der Waals surface area contributed by atoms with Crippen LogP contribution in [0, 0.1) is 0 Å². The summed E-state index contributed by atoms with van der Waals surface area (Å²) in [5.74, 6) is 0. The van der Waals surface area contributed by atoms with Gasteiger partial charge in [-0.3, -0.25) is 4.98 Å². The van der Waals surface area contributed by atoms with Gasteiger partial charge in [0.15, 0.2) is 0 Å². The monoisotopic (exact) mass is 1130 g/mol. The van der Waals surface area contributed by atoms with E-state index >= 15 is 0 Å². The molecule has 18 rings (SSSR count). The molecule has 6 heteroatoms. The first-order chi connectivity index (χ1) is 42.9. The van der Waals surface area contributed by atoms with Crippen molar-refractivity contribution in [3.63, 3.8) is 0 Å². The molecule has 0 bridgehead atoms. The molecule has 12 aromatic carbocycles. The summed E-state index contributed by atoms with van der Waals surface area (Å²) in [6, 6.07) is 100. The van der Waals surface area contributed by atoms with Crippen LogP contribution in [0.3, 0.4) is 0 Å². The number of hydrogen-bond donors (Lipinski definition) is 0. The Morgan fingerprint density at radius 1 is 0.333 bits per heavy atom. The van der Waals surface area contributed by atoms with Gasteiger partial charge in [-0.15, -0.1) is 0 Å². The largest absolute Gasteiger partial charge is 0.456 e. The third kappa shape index (κ3) is 7.32. The van der Waals surface area contributed by atoms with Gasteiger partial charge in [-0.25, -0.2) is 0 Å². The fraction of sp³-hybridized carbons (Fsp3) is 0.0494. The maximum atomic E-state index is 6.81. The normalized spacial score (nSPS) is 13.8. The van der Waals surface area contributed by atoms with Crippen LogP contribution in [-0.4, -0.2) is 4.98 Å². The summed E-state index contributed by atoms with van der Waals surface area (Å²) in [6.07, 6.45) is 3.78. The number of nitrogens with zero attached hydrogens (tertiary/aromatic N) is 3. The van der Waals surface area contributed by atoms with E-state index in [1.54, 1.807) is 0 Å². The van der Waals surface area contributed by atoms with Gasteiger partial charge in [0.05, 0.1) is 5.41 Å². The molecule has 0 unspecified atom stereocenters. The van der Waals surface area contributed by atoms with E-state index in [1.807, 2.05) is 42.4 Å². The minimum Gasteiger partial charge on any atom is -0.456 e. The molecule has 1 spiro atoms. The molecule has 0 amide bonds. The van der Waals surface area contributed by atoms with Crippen LogP contribution < -0.4 is 9.80 Å². The minimum atomic E-state index is -0.673. The van der Waals surface area contributed by atoms with Crippen molar-refractivity contribution < 1.29 is 8.83 Å². The van der Waals surface area contributed by atoms with Gasteiger partial charge in [0.1, 0.15) is 22.3 Å². The number of rotatable bonds is 8. The summed E-state index contributed by atoms with van der Waals surface area (Å²) in [7, 11) is 0. The maximum Gasteiger partial charge on any atom is 0.143 e. The van der Waals surface area contributed by atoms with E-state index in [4.69, 9.17) is 8.83 Å². The van der Waals surface area contributed by atoms with Gasteiger partial charge in [0.2, 0.25) is 0 Å². The summed E-state index contributed by atoms with van der Waals surface area (Å²) in [6.45, 7) is 4.75. The molecule has 0 atom stereocenters. The molecule has 87 heavy (non-hydrogen) atoms. The van der Waals surface area contributed by atoms with Gasteiger partial charge in [-0.1, -0.05) is 195 Å². The number of anilines is 6. The van der Waals surface area contributed by atoms with Crippen molar-refractivity contribution in [3.8, 4) is 44.5 Å². The number of pyridine rings is 1. The van der Waals surface area contributed by atoms with Crippen LogP contribution >= 0.6 is 11.8 Å². The second-order valence-electron chi connectivity index (χ2n) is 23.7. The highest BCUT2D eigenvalue weighted by atomic mass is 32.2. The van der Waals surface area contributed by atoms with Crippen LogP contribution in [0.4, 0.5) is 34.1 Å². The Morgan fingerprint density at radius 2 is 0.908 bits per heavy atom. The SMILES string of the molecule is CC1(C)c2ccccc2-c2cccc(-c3cccc(N(c4ccc5c(c4)Sc4ccc(N(c6ccccc6)c6ccc7c(c6)oc6ccccc67)cc4C54c5ccccc5-c5ccccc54)c4cc(-c5cccnc5)c5oc6ccccc6c5c4)c3)c21. The lowest BCUT2D eigenvalue weighted by atomic mass is 9.67. The standard InChI is InChI=1S/C81H53N3O2S/c1-80(2)68-31-11-6-26-61(68)65-30-17-29-58(78(65)80)50-19-16-23-53(43-50)84(57-44-66(51-20-18-42-82-49-51)79-67(45-57)63-28-10-15-35-74(63)86-79)56-37-40-71-77(48-56)87-76-41-38-54(46-72(76)81(71)69-32-12-7-24-59(69)60-25-8-13-33-70(60)81)83(52-21-4-3-5-22-52)55-36-39-64-62-27-9-14-34-73(62)85-75(64)47-55/h3-49H,1-2H3. The zero-order chi connectivity index (χ0) is 57.5. The van der Waals surface area contributed by atoms with E-state index in [0.717, 1.165) is 94.7 Å². The van der Waals surface area contributed by atoms with Gasteiger partial charge in [0.25, 0.3) is 0 Å². The Kier molecular flexibility index (Phi) is 10.8. The van der Waals surface area contributed by atoms with Gasteiger partial charge in [-0.2, -0.15) is 0 Å². The van der Waals surface area contributed by atoms with Crippen molar-refractivity contribution in [2.75, 3.05) is 9.80 Å². The number of para-hydroxylation sites is 3. The molecule has 1 aliphatic heterocycles. The number of hydrogen-bond acceptors (Lipinski definition) is 6. The summed E-state index contributed by atoms with van der Waals surface area (Å²) in [5, 5.41) is 4.32. The van der Waals surface area contributed by atoms with Gasteiger partial charge in [0, 0.05) is 100 Å². The zero-order valence-electron chi connectivity index (χ0n) is 47.7. The maximum absolute atomic E-state index is 6.81. The average Bonchev–Trinajstić information content (AvgIpc) is 1.96. The molecule has 5 nitrogen and oxygen atoms in total. The summed E-state index contributed by atoms with van der Waals surface area (Å²) < 4.78 is 13.4. The second-order valence-corrected chi connectivity index (χ2v) is 24.8. The predicted molar refractivity (Wildman–Crippen MR) is 358 cm³/mol. The van der Waals surface area contributed by atoms with Crippen molar-refractivity contribution in [1.82, 2.24) is 4.98 Å². The molecular weight excluding hydrogens is 1080 g/mol. The third-order valence-electron chi connectivity index (χ3n) is 18.7. The van der Waals surface area contributed by atoms with Crippen LogP contribution in [0.5, 0.6) is 0 Å². The van der Waals surface area contributed by atoms with E-state index in [-0.39, 0.29) is 5.41 Å². The summed E-state index contributed by atoms with van der Waals surface area (Å²) >= 11 is 1.86. The molecule has 0 saturated heterocycles. The molecule has 0 saturated carbocycles. The van der Waals surface area contributed by atoms with E-state index < -0.39 is 5.41 Å². The van der Waals surface area contributed by atoms with Gasteiger partial charge >= 0.3 is 0 Å². The predicted octanol–water partition coefficient (Wildman–Crippen LogP) is 22.3. The second kappa shape index (κ2) is 18.9. The van der Waals surface area contributed by atoms with Gasteiger partial charge in [-0.05, 0) is 164 Å². The smallest absolute Gasteiger partial charge is 0.143 e. The van der Waals surface area contributed by atoms with Crippen LogP contribution in [0.15, 0.2) is 304 Å². The van der Waals surface area contributed by atoms with Gasteiger partial charge < -0.3 is 18.6 Å². The molecule has 0 fully saturated rings. The molecule has 15 aromatic rings. The fourth-order valence-electron chi connectivity index (χ4n) is 15.1. The fourth-order valence-corrected chi connectivity index (χ4v) is 16.3. The molecule has 0 radical (unpaired) electrons. The van der Waals surface area contributed by atoms with Crippen LogP contribution in [-0.2, 0) is 10.8 Å². The van der Waals surface area contributed by atoms with E-state index in [9.17, 15) is 0 Å². The van der Waals surface area contributed by atoms with E-state index in [1.165, 1.54) is 71.0 Å². The highest BCUT2D eigenvalue weighted by Crippen LogP contribution is 2.64. The third-order valence-corrected chi connectivity index (χ3v) is 19.9. The quantitative estimate of drug-likeness (QED) is 0.151. The number of benzene rings is 12. The first kappa shape index (κ1) is 49.7. The average molecular weight is 1130 g/mol. The van der Waals surface area contributed by atoms with Crippen molar-refractivity contribution >= 4 is 89.8 Å². The molecular formula is C81H53N3O2S. The zero-order valence-corrected chi connectivity index (χ0v) is 48.5. The lowest BCUT2D eigenvalue weighted by Gasteiger charge is -2.41. The molecule has 3 aromatic heterocycles. The number of furan rings is 2. The first-order valence-corrected chi connectivity index (χ1v) is 30.6. The van der Waals surface area contributed by atoms with Crippen LogP contribution in [0.1, 0.15) is 47.2 Å². The minimum absolute atomic E-state index is 0.200. The van der Waals surface area contributed by atoms with Crippen LogP contribution in [0.2, 0.25) is 0 Å². The molecule has 410 valence electrons.